The third kappa shape index (κ3) is 2.77. The van der Waals surface area contributed by atoms with Crippen molar-refractivity contribution in [3.05, 3.63) is 29.3 Å². The van der Waals surface area contributed by atoms with Gasteiger partial charge in [-0.1, -0.05) is 0 Å². The summed E-state index contributed by atoms with van der Waals surface area (Å²) >= 11 is 0. The summed E-state index contributed by atoms with van der Waals surface area (Å²) < 4.78 is 9.96. The normalized spacial score (nSPS) is 9.31. The molecule has 0 bridgehead atoms. The number of ether oxygens (including phenoxy) is 2. The number of nitriles is 1. The highest BCUT2D eigenvalue weighted by Gasteiger charge is 1.98. The zero-order chi connectivity index (χ0) is 9.68. The topological polar surface area (TPSA) is 42.2 Å². The molecule has 1 aromatic rings. The van der Waals surface area contributed by atoms with Crippen molar-refractivity contribution < 1.29 is 9.47 Å². The molecule has 0 N–H and O–H groups in total. The predicted molar refractivity (Wildman–Crippen MR) is 48.4 cm³/mol. The fourth-order valence-electron chi connectivity index (χ4n) is 1.02. The number of hydrogen-bond acceptors (Lipinski definition) is 3. The minimum Gasteiger partial charge on any atom is -0.468 e. The number of hydrogen-bond donors (Lipinski definition) is 0. The van der Waals surface area contributed by atoms with Crippen LogP contribution in [0.3, 0.4) is 0 Å². The molecule has 0 aliphatic heterocycles. The van der Waals surface area contributed by atoms with Gasteiger partial charge >= 0.3 is 0 Å². The van der Waals surface area contributed by atoms with Gasteiger partial charge in [0, 0.05) is 7.11 Å². The molecule has 0 saturated heterocycles. The van der Waals surface area contributed by atoms with Gasteiger partial charge in [-0.2, -0.15) is 5.26 Å². The summed E-state index contributed by atoms with van der Waals surface area (Å²) in [6, 6.07) is 7.42. The minimum atomic E-state index is 0.203. The molecule has 0 aliphatic carbocycles. The molecule has 0 atom stereocenters. The van der Waals surface area contributed by atoms with Gasteiger partial charge < -0.3 is 9.47 Å². The van der Waals surface area contributed by atoms with E-state index in [-0.39, 0.29) is 6.79 Å². The second kappa shape index (κ2) is 4.48. The van der Waals surface area contributed by atoms with E-state index in [1.807, 2.05) is 13.0 Å². The second-order valence-corrected chi connectivity index (χ2v) is 2.70. The molecular weight excluding hydrogens is 166 g/mol. The smallest absolute Gasteiger partial charge is 0.188 e. The summed E-state index contributed by atoms with van der Waals surface area (Å²) in [5.74, 6) is 0.665. The van der Waals surface area contributed by atoms with E-state index in [1.165, 1.54) is 0 Å². The van der Waals surface area contributed by atoms with Gasteiger partial charge in [-0.3, -0.25) is 0 Å². The SMILES string of the molecule is COCOc1cc(C)cc(C#N)c1. The molecule has 0 fully saturated rings. The molecule has 0 radical (unpaired) electrons. The Kier molecular flexibility index (Phi) is 3.30. The van der Waals surface area contributed by atoms with E-state index >= 15 is 0 Å². The van der Waals surface area contributed by atoms with Crippen molar-refractivity contribution in [3.8, 4) is 11.8 Å². The van der Waals surface area contributed by atoms with Crippen LogP contribution in [0.15, 0.2) is 18.2 Å². The minimum absolute atomic E-state index is 0.203. The molecule has 0 spiro atoms. The summed E-state index contributed by atoms with van der Waals surface area (Å²) in [7, 11) is 1.56. The molecule has 0 unspecified atom stereocenters. The van der Waals surface area contributed by atoms with Gasteiger partial charge in [0.25, 0.3) is 0 Å². The first-order chi connectivity index (χ1) is 6.26. The number of rotatable bonds is 3. The average Bonchev–Trinajstić information content (AvgIpc) is 2.14. The highest BCUT2D eigenvalue weighted by molar-refractivity contribution is 5.40. The first-order valence-corrected chi connectivity index (χ1v) is 3.90. The van der Waals surface area contributed by atoms with Gasteiger partial charge in [-0.05, 0) is 30.7 Å². The van der Waals surface area contributed by atoms with E-state index in [4.69, 9.17) is 14.7 Å². The summed E-state index contributed by atoms with van der Waals surface area (Å²) in [4.78, 5) is 0. The molecular formula is C10H11NO2. The lowest BCUT2D eigenvalue weighted by atomic mass is 10.1. The van der Waals surface area contributed by atoms with E-state index in [2.05, 4.69) is 6.07 Å². The first kappa shape index (κ1) is 9.56. The maximum atomic E-state index is 8.68. The van der Waals surface area contributed by atoms with Crippen molar-refractivity contribution >= 4 is 0 Å². The fraction of sp³-hybridized carbons (Fsp3) is 0.300. The Balaban J connectivity index is 2.83. The van der Waals surface area contributed by atoms with Crippen LogP contribution in [0, 0.1) is 18.3 Å². The second-order valence-electron chi connectivity index (χ2n) is 2.70. The van der Waals surface area contributed by atoms with E-state index in [0.29, 0.717) is 11.3 Å². The highest BCUT2D eigenvalue weighted by atomic mass is 16.7. The van der Waals surface area contributed by atoms with Crippen LogP contribution in [-0.2, 0) is 4.74 Å². The standard InChI is InChI=1S/C10H11NO2/c1-8-3-9(6-11)5-10(4-8)13-7-12-2/h3-5H,7H2,1-2H3. The summed E-state index contributed by atoms with van der Waals surface area (Å²) in [5.41, 5.74) is 1.61. The largest absolute Gasteiger partial charge is 0.468 e. The Morgan fingerprint density at radius 1 is 1.38 bits per heavy atom. The van der Waals surface area contributed by atoms with Crippen LogP contribution >= 0.6 is 0 Å². The predicted octanol–water partition coefficient (Wildman–Crippen LogP) is 1.85. The Labute approximate surface area is 77.5 Å². The third-order valence-electron chi connectivity index (χ3n) is 1.52. The first-order valence-electron chi connectivity index (χ1n) is 3.90. The Hall–Kier alpha value is -1.53. The van der Waals surface area contributed by atoms with Crippen LogP contribution < -0.4 is 4.74 Å². The van der Waals surface area contributed by atoms with Crippen molar-refractivity contribution in [2.45, 2.75) is 6.92 Å². The lowest BCUT2D eigenvalue weighted by molar-refractivity contribution is 0.0511. The molecule has 13 heavy (non-hydrogen) atoms. The van der Waals surface area contributed by atoms with Gasteiger partial charge in [-0.15, -0.1) is 0 Å². The summed E-state index contributed by atoms with van der Waals surface area (Å²) in [6.07, 6.45) is 0. The van der Waals surface area contributed by atoms with E-state index in [0.717, 1.165) is 5.56 Å². The van der Waals surface area contributed by atoms with Gasteiger partial charge in [0.1, 0.15) is 5.75 Å². The molecule has 1 rings (SSSR count). The summed E-state index contributed by atoms with van der Waals surface area (Å²) in [6.45, 7) is 2.12. The monoisotopic (exact) mass is 177 g/mol. The van der Waals surface area contributed by atoms with Gasteiger partial charge in [0.15, 0.2) is 6.79 Å². The molecule has 0 aliphatic rings. The highest BCUT2D eigenvalue weighted by Crippen LogP contribution is 2.15. The molecule has 0 saturated carbocycles. The lowest BCUT2D eigenvalue weighted by Crippen LogP contribution is -1.99. The van der Waals surface area contributed by atoms with Crippen molar-refractivity contribution in [1.29, 1.82) is 5.26 Å². The molecule has 68 valence electrons. The van der Waals surface area contributed by atoms with Crippen molar-refractivity contribution in [2.75, 3.05) is 13.9 Å². The molecule has 3 nitrogen and oxygen atoms in total. The van der Waals surface area contributed by atoms with Crippen molar-refractivity contribution in [3.63, 3.8) is 0 Å². The number of methoxy groups -OCH3 is 1. The van der Waals surface area contributed by atoms with Crippen LogP contribution in [-0.4, -0.2) is 13.9 Å². The van der Waals surface area contributed by atoms with Gasteiger partial charge in [0.05, 0.1) is 11.6 Å². The van der Waals surface area contributed by atoms with Gasteiger partial charge in [-0.25, -0.2) is 0 Å². The van der Waals surface area contributed by atoms with Gasteiger partial charge in [0.2, 0.25) is 0 Å². The number of nitrogens with zero attached hydrogens (tertiary/aromatic N) is 1. The van der Waals surface area contributed by atoms with E-state index in [9.17, 15) is 0 Å². The Morgan fingerprint density at radius 3 is 2.77 bits per heavy atom. The van der Waals surface area contributed by atoms with Crippen LogP contribution in [0.25, 0.3) is 0 Å². The number of benzene rings is 1. The van der Waals surface area contributed by atoms with Crippen molar-refractivity contribution in [1.82, 2.24) is 0 Å². The van der Waals surface area contributed by atoms with Crippen LogP contribution in [0.5, 0.6) is 5.75 Å². The zero-order valence-electron chi connectivity index (χ0n) is 7.70. The van der Waals surface area contributed by atoms with Crippen LogP contribution in [0.4, 0.5) is 0 Å². The van der Waals surface area contributed by atoms with E-state index in [1.54, 1.807) is 19.2 Å². The van der Waals surface area contributed by atoms with E-state index < -0.39 is 0 Å². The Bertz CT molecular complexity index is 328. The quantitative estimate of drug-likeness (QED) is 0.661. The maximum absolute atomic E-state index is 8.68. The maximum Gasteiger partial charge on any atom is 0.188 e. The molecule has 0 heterocycles. The fourth-order valence-corrected chi connectivity index (χ4v) is 1.02. The third-order valence-corrected chi connectivity index (χ3v) is 1.52. The Morgan fingerprint density at radius 2 is 2.15 bits per heavy atom. The zero-order valence-corrected chi connectivity index (χ0v) is 7.70. The summed E-state index contributed by atoms with van der Waals surface area (Å²) in [5, 5.41) is 8.68. The molecule has 0 aromatic heterocycles. The van der Waals surface area contributed by atoms with Crippen LogP contribution in [0.2, 0.25) is 0 Å². The lowest BCUT2D eigenvalue weighted by Gasteiger charge is -2.05. The molecule has 3 heteroatoms. The molecule has 0 amide bonds. The molecule has 1 aromatic carbocycles. The number of aryl methyl sites for hydroxylation is 1. The van der Waals surface area contributed by atoms with Crippen LogP contribution in [0.1, 0.15) is 11.1 Å². The van der Waals surface area contributed by atoms with Crippen molar-refractivity contribution in [2.24, 2.45) is 0 Å². The average molecular weight is 177 g/mol.